The Bertz CT molecular complexity index is 714. The minimum atomic E-state index is -3.84. The van der Waals surface area contributed by atoms with Gasteiger partial charge in [-0.15, -0.1) is 0 Å². The van der Waals surface area contributed by atoms with Gasteiger partial charge < -0.3 is 14.5 Å². The van der Waals surface area contributed by atoms with Crippen molar-refractivity contribution in [1.82, 2.24) is 0 Å². The third-order valence-electron chi connectivity index (χ3n) is 6.28. The van der Waals surface area contributed by atoms with Crippen molar-refractivity contribution in [2.45, 2.75) is 103 Å². The van der Waals surface area contributed by atoms with E-state index in [1.807, 2.05) is 6.92 Å². The highest BCUT2D eigenvalue weighted by Gasteiger charge is 2.25. The van der Waals surface area contributed by atoms with E-state index in [0.29, 0.717) is 18.6 Å². The van der Waals surface area contributed by atoms with E-state index in [4.69, 9.17) is 14.5 Å². The lowest BCUT2D eigenvalue weighted by molar-refractivity contribution is 0.283. The molecule has 0 unspecified atom stereocenters. The average Bonchev–Trinajstić information content (AvgIpc) is 2.72. The number of rotatable bonds is 14. The number of hydrogen-bond acceptors (Lipinski definition) is 2. The second kappa shape index (κ2) is 13.5. The van der Waals surface area contributed by atoms with Crippen molar-refractivity contribution in [3.8, 4) is 5.75 Å². The summed E-state index contributed by atoms with van der Waals surface area (Å²) in [6, 6.07) is 1.66. The zero-order chi connectivity index (χ0) is 22.7. The van der Waals surface area contributed by atoms with Gasteiger partial charge in [0.1, 0.15) is 0 Å². The first-order valence-corrected chi connectivity index (χ1v) is 13.7. The zero-order valence-electron chi connectivity index (χ0n) is 18.9. The predicted molar refractivity (Wildman–Crippen MR) is 121 cm³/mol. The highest BCUT2D eigenvalue weighted by Crippen LogP contribution is 2.39. The molecule has 0 heterocycles. The molecule has 2 N–H and O–H groups in total. The molecule has 0 aromatic heterocycles. The van der Waals surface area contributed by atoms with Crippen molar-refractivity contribution in [3.05, 3.63) is 28.8 Å². The summed E-state index contributed by atoms with van der Waals surface area (Å²) >= 11 is 0. The summed E-state index contributed by atoms with van der Waals surface area (Å²) in [4.78, 5) is 17.6. The van der Waals surface area contributed by atoms with E-state index in [-0.39, 0.29) is 17.8 Å². The summed E-state index contributed by atoms with van der Waals surface area (Å²) in [6.45, 7) is 2.24. The first-order valence-electron chi connectivity index (χ1n) is 12.0. The van der Waals surface area contributed by atoms with Crippen molar-refractivity contribution < 1.29 is 27.9 Å². The van der Waals surface area contributed by atoms with Gasteiger partial charge >= 0.3 is 7.60 Å². The molecule has 0 atom stereocenters. The number of benzene rings is 1. The van der Waals surface area contributed by atoms with Gasteiger partial charge in [-0.2, -0.15) is 4.39 Å². The van der Waals surface area contributed by atoms with Crippen molar-refractivity contribution in [2.24, 2.45) is 0 Å². The summed E-state index contributed by atoms with van der Waals surface area (Å²) in [5.41, 5.74) is 1.34. The van der Waals surface area contributed by atoms with Crippen LogP contribution in [0.5, 0.6) is 5.75 Å². The van der Waals surface area contributed by atoms with Gasteiger partial charge in [-0.05, 0) is 55.7 Å². The Labute approximate surface area is 185 Å². The van der Waals surface area contributed by atoms with E-state index in [9.17, 15) is 13.3 Å². The molecule has 0 aliphatic heterocycles. The van der Waals surface area contributed by atoms with Crippen LogP contribution in [-0.4, -0.2) is 22.6 Å². The molecule has 1 aromatic carbocycles. The maximum Gasteiger partial charge on any atom is 0.325 e. The highest BCUT2D eigenvalue weighted by atomic mass is 31.2. The minimum Gasteiger partial charge on any atom is -0.490 e. The van der Waals surface area contributed by atoms with Crippen LogP contribution < -0.4 is 4.74 Å². The van der Waals surface area contributed by atoms with Gasteiger partial charge in [0.15, 0.2) is 11.6 Å². The van der Waals surface area contributed by atoms with Gasteiger partial charge in [-0.25, -0.2) is 4.39 Å². The third-order valence-corrected chi connectivity index (χ3v) is 7.18. The lowest BCUT2D eigenvalue weighted by Gasteiger charge is -2.25. The van der Waals surface area contributed by atoms with Crippen LogP contribution in [0.25, 0.3) is 0 Å². The molecule has 0 spiro atoms. The van der Waals surface area contributed by atoms with Crippen molar-refractivity contribution >= 4 is 7.60 Å². The van der Waals surface area contributed by atoms with Crippen LogP contribution in [0.1, 0.15) is 107 Å². The first kappa shape index (κ1) is 26.3. The Hall–Kier alpha value is -0.970. The number of ether oxygens (including phenoxy) is 1. The van der Waals surface area contributed by atoms with E-state index < -0.39 is 19.2 Å². The minimum absolute atomic E-state index is 0.0136. The smallest absolute Gasteiger partial charge is 0.325 e. The van der Waals surface area contributed by atoms with E-state index in [1.54, 1.807) is 6.07 Å². The van der Waals surface area contributed by atoms with Gasteiger partial charge in [-0.3, -0.25) is 4.57 Å². The molecule has 0 saturated heterocycles. The summed E-state index contributed by atoms with van der Waals surface area (Å²) in [5.74, 6) is -1.40. The lowest BCUT2D eigenvalue weighted by atomic mass is 9.82. The molecule has 1 aliphatic rings. The van der Waals surface area contributed by atoms with Gasteiger partial charge in [0, 0.05) is 6.16 Å². The average molecular weight is 461 g/mol. The van der Waals surface area contributed by atoms with Crippen molar-refractivity contribution in [1.29, 1.82) is 0 Å². The number of hydrogen-bond donors (Lipinski definition) is 2. The van der Waals surface area contributed by atoms with Crippen LogP contribution in [0.4, 0.5) is 8.78 Å². The molecule has 1 saturated carbocycles. The Morgan fingerprint density at radius 1 is 0.903 bits per heavy atom. The molecule has 0 radical (unpaired) electrons. The Kier molecular flexibility index (Phi) is 11.5. The first-order chi connectivity index (χ1) is 14.8. The van der Waals surface area contributed by atoms with E-state index >= 15 is 0 Å². The molecular formula is C24H39F2O4P. The molecule has 1 aromatic rings. The van der Waals surface area contributed by atoms with Crippen LogP contribution in [0.15, 0.2) is 6.07 Å². The molecule has 1 fully saturated rings. The maximum absolute atomic E-state index is 14.7. The Balaban J connectivity index is 1.60. The fraction of sp³-hybridized carbons (Fsp3) is 0.750. The summed E-state index contributed by atoms with van der Waals surface area (Å²) < 4.78 is 45.5. The SMILES string of the molecule is Cc1cc(OCCCCCCCCCCCP(=O)(O)O)c(F)c(F)c1C1CCCCC1. The molecule has 0 amide bonds. The monoisotopic (exact) mass is 460 g/mol. The number of aryl methyl sites for hydroxylation is 1. The van der Waals surface area contributed by atoms with Crippen LogP contribution in [0, 0.1) is 18.6 Å². The van der Waals surface area contributed by atoms with E-state index in [1.165, 1.54) is 6.42 Å². The largest absolute Gasteiger partial charge is 0.490 e. The molecule has 178 valence electrons. The number of halogens is 2. The van der Waals surface area contributed by atoms with Gasteiger partial charge in [-0.1, -0.05) is 64.2 Å². The highest BCUT2D eigenvalue weighted by molar-refractivity contribution is 7.51. The van der Waals surface area contributed by atoms with Crippen molar-refractivity contribution in [2.75, 3.05) is 12.8 Å². The number of unbranched alkanes of at least 4 members (excludes halogenated alkanes) is 8. The van der Waals surface area contributed by atoms with E-state index in [2.05, 4.69) is 0 Å². The normalized spacial score (nSPS) is 15.4. The van der Waals surface area contributed by atoms with Crippen molar-refractivity contribution in [3.63, 3.8) is 0 Å². The van der Waals surface area contributed by atoms with Crippen LogP contribution in [0.2, 0.25) is 0 Å². The Morgan fingerprint density at radius 3 is 2.03 bits per heavy atom. The second-order valence-electron chi connectivity index (χ2n) is 8.99. The van der Waals surface area contributed by atoms with E-state index in [0.717, 1.165) is 82.6 Å². The topological polar surface area (TPSA) is 66.8 Å². The van der Waals surface area contributed by atoms with Gasteiger partial charge in [0.05, 0.1) is 6.61 Å². The molecule has 0 bridgehead atoms. The standard InChI is InChI=1S/C24H39F2O4P/c1-19-18-21(23(25)24(26)22(19)20-14-10-9-11-15-20)30-16-12-7-5-3-2-4-6-8-13-17-31(27,28)29/h18,20H,2-17H2,1H3,(H2,27,28,29). The maximum atomic E-state index is 14.7. The van der Waals surface area contributed by atoms with Gasteiger partial charge in [0.25, 0.3) is 0 Å². The molecule has 4 nitrogen and oxygen atoms in total. The molecule has 2 rings (SSSR count). The molecule has 31 heavy (non-hydrogen) atoms. The summed E-state index contributed by atoms with van der Waals surface area (Å²) in [7, 11) is -3.84. The van der Waals surface area contributed by atoms with Crippen LogP contribution in [-0.2, 0) is 4.57 Å². The Morgan fingerprint density at radius 2 is 1.45 bits per heavy atom. The quantitative estimate of drug-likeness (QED) is 0.224. The summed E-state index contributed by atoms with van der Waals surface area (Å²) in [5, 5.41) is 0. The second-order valence-corrected chi connectivity index (χ2v) is 10.8. The predicted octanol–water partition coefficient (Wildman–Crippen LogP) is 7.39. The van der Waals surface area contributed by atoms with Gasteiger partial charge in [0.2, 0.25) is 5.82 Å². The summed E-state index contributed by atoms with van der Waals surface area (Å²) in [6.07, 6.45) is 13.8. The van der Waals surface area contributed by atoms with Crippen LogP contribution >= 0.6 is 7.60 Å². The molecular weight excluding hydrogens is 421 g/mol. The molecule has 1 aliphatic carbocycles. The van der Waals surface area contributed by atoms with Crippen LogP contribution in [0.3, 0.4) is 0 Å². The molecule has 7 heteroatoms. The fourth-order valence-corrected chi connectivity index (χ4v) is 5.21. The fourth-order valence-electron chi connectivity index (χ4n) is 4.57. The third kappa shape index (κ3) is 9.59. The zero-order valence-corrected chi connectivity index (χ0v) is 19.8. The lowest BCUT2D eigenvalue weighted by Crippen LogP contribution is -2.11.